The number of halogens is 4. The molecule has 1 aromatic heterocycles. The van der Waals surface area contributed by atoms with Crippen LogP contribution >= 0.6 is 26.6 Å². The fourth-order valence-corrected chi connectivity index (χ4v) is 2.65. The lowest BCUT2D eigenvalue weighted by Crippen LogP contribution is -2.04. The molecule has 0 aliphatic carbocycles. The Bertz CT molecular complexity index is 509. The number of nitrogens with zero attached hydrogens (tertiary/aromatic N) is 1. The summed E-state index contributed by atoms with van der Waals surface area (Å²) < 4.78 is 52.2. The molecule has 0 saturated heterocycles. The van der Waals surface area contributed by atoms with Gasteiger partial charge < -0.3 is 4.74 Å². The Morgan fingerprint density at radius 3 is 2.50 bits per heavy atom. The van der Waals surface area contributed by atoms with Crippen LogP contribution in [0.2, 0.25) is 0 Å². The smallest absolute Gasteiger partial charge is 0.270 e. The van der Waals surface area contributed by atoms with Gasteiger partial charge in [-0.05, 0) is 22.0 Å². The average Bonchev–Trinajstić information content (AvgIpc) is 2.14. The largest absolute Gasteiger partial charge is 0.481 e. The first-order valence-corrected chi connectivity index (χ1v) is 6.85. The second-order valence-corrected chi connectivity index (χ2v) is 5.95. The van der Waals surface area contributed by atoms with Crippen molar-refractivity contribution in [2.24, 2.45) is 0 Å². The van der Waals surface area contributed by atoms with Crippen molar-refractivity contribution in [3.63, 3.8) is 0 Å². The monoisotopic (exact) mass is 335 g/mol. The van der Waals surface area contributed by atoms with Crippen LogP contribution in [0.1, 0.15) is 12.0 Å². The number of hydrogen-bond donors (Lipinski definition) is 0. The summed E-state index contributed by atoms with van der Waals surface area (Å²) in [5, 5.41) is 0. The van der Waals surface area contributed by atoms with Crippen molar-refractivity contribution in [3.05, 3.63) is 16.2 Å². The van der Waals surface area contributed by atoms with Crippen molar-refractivity contribution >= 4 is 35.7 Å². The Kier molecular flexibility index (Phi) is 4.08. The van der Waals surface area contributed by atoms with E-state index in [1.54, 1.807) is 0 Å². The highest BCUT2D eigenvalue weighted by Gasteiger charge is 2.27. The molecule has 16 heavy (non-hydrogen) atoms. The number of aromatic nitrogens is 1. The highest BCUT2D eigenvalue weighted by Crippen LogP contribution is 2.36. The molecule has 0 bridgehead atoms. The molecule has 0 aliphatic rings. The van der Waals surface area contributed by atoms with Gasteiger partial charge in [-0.25, -0.2) is 22.2 Å². The molecule has 90 valence electrons. The maximum Gasteiger partial charge on any atom is 0.270 e. The van der Waals surface area contributed by atoms with E-state index in [2.05, 4.69) is 25.7 Å². The second-order valence-electron chi connectivity index (χ2n) is 2.60. The van der Waals surface area contributed by atoms with Crippen LogP contribution in [0.4, 0.5) is 8.78 Å². The molecular formula is C7H5BrClF2NO3S. The second kappa shape index (κ2) is 4.80. The van der Waals surface area contributed by atoms with Crippen LogP contribution < -0.4 is 4.74 Å². The average molecular weight is 337 g/mol. The zero-order valence-corrected chi connectivity index (χ0v) is 10.9. The van der Waals surface area contributed by atoms with Gasteiger partial charge in [0, 0.05) is 10.7 Å². The van der Waals surface area contributed by atoms with Gasteiger partial charge in [0.25, 0.3) is 15.5 Å². The van der Waals surface area contributed by atoms with E-state index in [4.69, 9.17) is 10.7 Å². The molecule has 4 nitrogen and oxygen atoms in total. The molecule has 0 saturated carbocycles. The van der Waals surface area contributed by atoms with Crippen molar-refractivity contribution in [1.29, 1.82) is 0 Å². The van der Waals surface area contributed by atoms with Crippen molar-refractivity contribution in [1.82, 2.24) is 4.98 Å². The fraction of sp³-hybridized carbons (Fsp3) is 0.286. The lowest BCUT2D eigenvalue weighted by atomic mass is 10.3. The lowest BCUT2D eigenvalue weighted by Gasteiger charge is -2.10. The lowest BCUT2D eigenvalue weighted by molar-refractivity contribution is 0.142. The van der Waals surface area contributed by atoms with Gasteiger partial charge in [0.1, 0.15) is 4.60 Å². The summed E-state index contributed by atoms with van der Waals surface area (Å²) in [6.07, 6.45) is -3.06. The van der Waals surface area contributed by atoms with Crippen molar-refractivity contribution in [2.75, 3.05) is 7.11 Å². The number of rotatable bonds is 3. The molecule has 0 amide bonds. The van der Waals surface area contributed by atoms with E-state index in [0.29, 0.717) is 0 Å². The van der Waals surface area contributed by atoms with Crippen molar-refractivity contribution in [3.8, 4) is 5.88 Å². The van der Waals surface area contributed by atoms with Crippen LogP contribution in [0.5, 0.6) is 5.88 Å². The molecule has 0 aromatic carbocycles. The molecule has 1 heterocycles. The number of ether oxygens (including phenoxy) is 1. The van der Waals surface area contributed by atoms with Gasteiger partial charge in [-0.15, -0.1) is 0 Å². The van der Waals surface area contributed by atoms with E-state index in [-0.39, 0.29) is 4.60 Å². The van der Waals surface area contributed by atoms with Gasteiger partial charge in [0.2, 0.25) is 5.88 Å². The van der Waals surface area contributed by atoms with E-state index >= 15 is 0 Å². The SMILES string of the molecule is COc1nc(Br)cc(S(=O)(=O)Cl)c1C(F)F. The summed E-state index contributed by atoms with van der Waals surface area (Å²) >= 11 is 2.87. The molecule has 1 rings (SSSR count). The van der Waals surface area contributed by atoms with Crippen LogP contribution in [0, 0.1) is 0 Å². The first kappa shape index (κ1) is 13.6. The molecule has 0 atom stereocenters. The summed E-state index contributed by atoms with van der Waals surface area (Å²) in [7, 11) is 1.85. The summed E-state index contributed by atoms with van der Waals surface area (Å²) in [6, 6.07) is 0.895. The molecule has 9 heteroatoms. The Morgan fingerprint density at radius 2 is 2.12 bits per heavy atom. The molecule has 1 aromatic rings. The minimum atomic E-state index is -4.29. The van der Waals surface area contributed by atoms with Crippen molar-refractivity contribution < 1.29 is 21.9 Å². The Hall–Kier alpha value is -0.470. The van der Waals surface area contributed by atoms with Gasteiger partial charge in [-0.3, -0.25) is 0 Å². The molecule has 0 N–H and O–H groups in total. The number of hydrogen-bond acceptors (Lipinski definition) is 4. The van der Waals surface area contributed by atoms with Crippen LogP contribution in [0.15, 0.2) is 15.6 Å². The zero-order chi connectivity index (χ0) is 12.5. The minimum absolute atomic E-state index is 0.0352. The maximum atomic E-state index is 12.7. The summed E-state index contributed by atoms with van der Waals surface area (Å²) in [5.41, 5.74) is -0.847. The Morgan fingerprint density at radius 1 is 1.56 bits per heavy atom. The quantitative estimate of drug-likeness (QED) is 0.629. The van der Waals surface area contributed by atoms with E-state index in [0.717, 1.165) is 13.2 Å². The zero-order valence-electron chi connectivity index (χ0n) is 7.75. The molecule has 0 fully saturated rings. The van der Waals surface area contributed by atoms with Crippen LogP contribution in [-0.2, 0) is 9.05 Å². The van der Waals surface area contributed by atoms with E-state index < -0.39 is 31.8 Å². The summed E-state index contributed by atoms with van der Waals surface area (Å²) in [4.78, 5) is 2.86. The first-order valence-electron chi connectivity index (χ1n) is 3.74. The summed E-state index contributed by atoms with van der Waals surface area (Å²) in [6.45, 7) is 0. The fourth-order valence-electron chi connectivity index (χ4n) is 1.04. The third-order valence-corrected chi connectivity index (χ3v) is 3.40. The highest BCUT2D eigenvalue weighted by atomic mass is 79.9. The van der Waals surface area contributed by atoms with Gasteiger partial charge in [0.15, 0.2) is 0 Å². The van der Waals surface area contributed by atoms with Gasteiger partial charge in [-0.1, -0.05) is 0 Å². The standard InChI is InChI=1S/C7H5BrClF2NO3S/c1-15-7-5(6(10)11)3(16(9,13)14)2-4(8)12-7/h2,6H,1H3. The molecule has 0 unspecified atom stereocenters. The number of methoxy groups -OCH3 is 1. The van der Waals surface area contributed by atoms with Crippen LogP contribution in [-0.4, -0.2) is 20.5 Å². The predicted octanol–water partition coefficient (Wildman–Crippen LogP) is 2.72. The molecule has 0 aliphatic heterocycles. The third-order valence-electron chi connectivity index (χ3n) is 1.63. The van der Waals surface area contributed by atoms with E-state index in [9.17, 15) is 17.2 Å². The third kappa shape index (κ3) is 2.80. The Balaban J connectivity index is 3.64. The number of pyridine rings is 1. The molecule has 0 radical (unpaired) electrons. The first-order chi connectivity index (χ1) is 7.27. The topological polar surface area (TPSA) is 56.3 Å². The minimum Gasteiger partial charge on any atom is -0.481 e. The maximum absolute atomic E-state index is 12.7. The van der Waals surface area contributed by atoms with Crippen LogP contribution in [0.3, 0.4) is 0 Å². The number of alkyl halides is 2. The summed E-state index contributed by atoms with van der Waals surface area (Å²) in [5.74, 6) is -0.483. The van der Waals surface area contributed by atoms with Gasteiger partial charge in [-0.2, -0.15) is 0 Å². The molecular weight excluding hydrogens is 332 g/mol. The Labute approximate surface area is 103 Å². The van der Waals surface area contributed by atoms with Gasteiger partial charge >= 0.3 is 0 Å². The van der Waals surface area contributed by atoms with Crippen molar-refractivity contribution in [2.45, 2.75) is 11.3 Å². The van der Waals surface area contributed by atoms with E-state index in [1.165, 1.54) is 0 Å². The molecule has 0 spiro atoms. The normalized spacial score (nSPS) is 11.9. The predicted molar refractivity (Wildman–Crippen MR) is 56.5 cm³/mol. The van der Waals surface area contributed by atoms with Gasteiger partial charge in [0.05, 0.1) is 17.6 Å². The highest BCUT2D eigenvalue weighted by molar-refractivity contribution is 9.10. The van der Waals surface area contributed by atoms with E-state index in [1.807, 2.05) is 0 Å². The van der Waals surface area contributed by atoms with Crippen LogP contribution in [0.25, 0.3) is 0 Å².